The summed E-state index contributed by atoms with van der Waals surface area (Å²) in [6.07, 6.45) is -3.34. The van der Waals surface area contributed by atoms with Crippen molar-refractivity contribution in [1.29, 1.82) is 0 Å². The van der Waals surface area contributed by atoms with E-state index in [1.54, 1.807) is 91.8 Å². The number of aromatic nitrogens is 2. The topological polar surface area (TPSA) is 242 Å². The van der Waals surface area contributed by atoms with Gasteiger partial charge in [-0.05, 0) is 129 Å². The van der Waals surface area contributed by atoms with Crippen molar-refractivity contribution < 1.29 is 56.5 Å². The summed E-state index contributed by atoms with van der Waals surface area (Å²) in [5, 5.41) is 5.58. The predicted molar refractivity (Wildman–Crippen MR) is 320 cm³/mol. The van der Waals surface area contributed by atoms with Crippen LogP contribution in [0.5, 0.6) is 0 Å². The van der Waals surface area contributed by atoms with Crippen molar-refractivity contribution in [2.45, 2.75) is 168 Å². The number of nitrogens with zero attached hydrogens (tertiary/aromatic N) is 4. The number of rotatable bonds is 18. The molecule has 0 saturated heterocycles. The fraction of sp³-hybridized carbons (Fsp3) is 0.500. The number of halogens is 2. The third-order valence-corrected chi connectivity index (χ3v) is 14.8. The van der Waals surface area contributed by atoms with Crippen molar-refractivity contribution in [3.63, 3.8) is 0 Å². The van der Waals surface area contributed by atoms with E-state index in [-0.39, 0.29) is 50.3 Å². The molecule has 2 aliphatic rings. The highest BCUT2D eigenvalue weighted by molar-refractivity contribution is 6.03. The van der Waals surface area contributed by atoms with Crippen molar-refractivity contribution in [3.05, 3.63) is 127 Å². The first-order valence-electron chi connectivity index (χ1n) is 28.3. The lowest BCUT2D eigenvalue weighted by atomic mass is 9.91. The van der Waals surface area contributed by atoms with Gasteiger partial charge in [0.15, 0.2) is 0 Å². The summed E-state index contributed by atoms with van der Waals surface area (Å²) in [7, 11) is 2.80. The molecule has 0 spiro atoms. The number of H-pyrrole nitrogens is 2. The SMILES string of the molecule is C[C@@H](OCC#CC#CCO[C@H](C)[C@H](NC(=O)[C@H](C)N(C)C(=O)OC(C)(C)C)C(=O)N1CC(C)(C)c2[nH]c(=O)c(Cc3ccc(F)cc3)cc21)[C@H](NC(=O)[C@H](C)N(C)C(=O)OC(C)(C)C)C(=O)N1CC(C)(C)c2[nH]c(=O)c(Cc3ccc(F)cc3)cc21. The van der Waals surface area contributed by atoms with E-state index >= 15 is 0 Å². The molecule has 6 atom stereocenters. The number of anilines is 2. The van der Waals surface area contributed by atoms with E-state index in [2.05, 4.69) is 44.3 Å². The molecule has 462 valence electrons. The zero-order valence-electron chi connectivity index (χ0n) is 51.9. The van der Waals surface area contributed by atoms with Crippen molar-refractivity contribution in [3.8, 4) is 23.7 Å². The van der Waals surface area contributed by atoms with Crippen molar-refractivity contribution in [2.24, 2.45) is 0 Å². The van der Waals surface area contributed by atoms with Crippen molar-refractivity contribution >= 4 is 47.2 Å². The van der Waals surface area contributed by atoms with Gasteiger partial charge in [-0.25, -0.2) is 18.4 Å². The van der Waals surface area contributed by atoms with Crippen LogP contribution in [0.15, 0.2) is 70.3 Å². The van der Waals surface area contributed by atoms with Gasteiger partial charge in [0.1, 0.15) is 60.2 Å². The number of nitrogens with one attached hydrogen (secondary N) is 4. The fourth-order valence-electron chi connectivity index (χ4n) is 9.68. The number of carbonyl (C=O) groups excluding carboxylic acids is 6. The minimum atomic E-state index is -1.36. The van der Waals surface area contributed by atoms with Crippen LogP contribution in [0.4, 0.5) is 29.7 Å². The Kier molecular flexibility index (Phi) is 20.9. The average molecular weight is 1190 g/mol. The lowest BCUT2D eigenvalue weighted by Gasteiger charge is -2.32. The zero-order chi connectivity index (χ0) is 64.0. The number of pyridine rings is 2. The molecule has 0 unspecified atom stereocenters. The van der Waals surface area contributed by atoms with Crippen LogP contribution in [-0.4, -0.2) is 144 Å². The predicted octanol–water partition coefficient (Wildman–Crippen LogP) is 6.77. The Morgan fingerprint density at radius 2 is 0.919 bits per heavy atom. The highest BCUT2D eigenvalue weighted by atomic mass is 19.1. The molecule has 0 aliphatic carbocycles. The van der Waals surface area contributed by atoms with Crippen LogP contribution in [0.25, 0.3) is 0 Å². The van der Waals surface area contributed by atoms with Gasteiger partial charge in [0.25, 0.3) is 22.9 Å². The highest BCUT2D eigenvalue weighted by Gasteiger charge is 2.46. The number of amides is 6. The van der Waals surface area contributed by atoms with Gasteiger partial charge in [-0.2, -0.15) is 0 Å². The van der Waals surface area contributed by atoms with E-state index in [4.69, 9.17) is 18.9 Å². The molecule has 2 aromatic carbocycles. The summed E-state index contributed by atoms with van der Waals surface area (Å²) in [6, 6.07) is 9.73. The fourth-order valence-corrected chi connectivity index (χ4v) is 9.68. The van der Waals surface area contributed by atoms with E-state index in [0.29, 0.717) is 45.0 Å². The lowest BCUT2D eigenvalue weighted by Crippen LogP contribution is -2.58. The molecule has 4 aromatic rings. The Labute approximate surface area is 501 Å². The second kappa shape index (κ2) is 26.9. The highest BCUT2D eigenvalue weighted by Crippen LogP contribution is 2.41. The van der Waals surface area contributed by atoms with Crippen LogP contribution >= 0.6 is 0 Å². The smallest absolute Gasteiger partial charge is 0.410 e. The maximum Gasteiger partial charge on any atom is 0.410 e. The Hall–Kier alpha value is -8.34. The third kappa shape index (κ3) is 16.8. The van der Waals surface area contributed by atoms with Gasteiger partial charge in [-0.1, -0.05) is 63.8 Å². The molecule has 4 heterocycles. The first-order valence-corrected chi connectivity index (χ1v) is 28.3. The van der Waals surface area contributed by atoms with Gasteiger partial charge < -0.3 is 49.3 Å². The zero-order valence-corrected chi connectivity index (χ0v) is 51.9. The molecule has 0 fully saturated rings. The Morgan fingerprint density at radius 1 is 0.593 bits per heavy atom. The summed E-state index contributed by atoms with van der Waals surface area (Å²) >= 11 is 0. The van der Waals surface area contributed by atoms with E-state index in [1.807, 2.05) is 27.7 Å². The standard InChI is InChI=1S/C64H80F2N8O12/c1-37(71(15)59(81)85-61(5,6)7)53(75)67-49(57(79)73-35-63(11,12)51-47(73)33-43(55(77)69-51)31-41-21-25-45(65)26-22-41)39(3)83-29-19-17-18-20-30-84-40(4)50(68-54(76)38(2)72(16)60(82)86-62(8,9)10)58(80)74-36-64(13,14)52-48(74)34-44(56(78)70-52)32-42-23-27-46(66)28-24-42/h21-28,33-34,37-40,49-50H,29-32,35-36H2,1-16H3,(H,67,75)(H,68,76)(H,69,77)(H,70,78)/t37-,38-,39+,40+,49-,50-/m0/s1. The summed E-state index contributed by atoms with van der Waals surface area (Å²) in [5.41, 5.74) is -0.162. The molecule has 2 aromatic heterocycles. The van der Waals surface area contributed by atoms with Crippen molar-refractivity contribution in [1.82, 2.24) is 30.4 Å². The third-order valence-electron chi connectivity index (χ3n) is 14.8. The number of aromatic amines is 2. The number of hydrogen-bond acceptors (Lipinski definition) is 12. The van der Waals surface area contributed by atoms with Gasteiger partial charge in [-0.3, -0.25) is 38.6 Å². The molecule has 2 aliphatic heterocycles. The van der Waals surface area contributed by atoms with Gasteiger partial charge in [0.2, 0.25) is 11.8 Å². The van der Waals surface area contributed by atoms with Crippen LogP contribution in [0, 0.1) is 35.3 Å². The number of likely N-dealkylation sites (N-methyl/N-ethyl adjacent to an activating group) is 2. The summed E-state index contributed by atoms with van der Waals surface area (Å²) in [6.45, 7) is 23.4. The molecule has 0 radical (unpaired) electrons. The van der Waals surface area contributed by atoms with E-state index in [0.717, 1.165) is 9.80 Å². The molecule has 0 bridgehead atoms. The van der Waals surface area contributed by atoms with Gasteiger partial charge >= 0.3 is 12.2 Å². The number of ether oxygens (including phenoxy) is 4. The van der Waals surface area contributed by atoms with Crippen LogP contribution in [0.2, 0.25) is 0 Å². The average Bonchev–Trinajstić information content (AvgIpc) is 1.63. The normalized spacial score (nSPS) is 16.0. The second-order valence-electron chi connectivity index (χ2n) is 25.1. The summed E-state index contributed by atoms with van der Waals surface area (Å²) in [4.78, 5) is 122. The first-order chi connectivity index (χ1) is 40.0. The van der Waals surface area contributed by atoms with E-state index in [9.17, 15) is 47.1 Å². The Balaban J connectivity index is 1.21. The lowest BCUT2D eigenvalue weighted by molar-refractivity contribution is -0.133. The van der Waals surface area contributed by atoms with E-state index < -0.39 is 106 Å². The number of benzene rings is 2. The maximum absolute atomic E-state index is 14.9. The van der Waals surface area contributed by atoms with E-state index in [1.165, 1.54) is 62.0 Å². The van der Waals surface area contributed by atoms with Crippen LogP contribution < -0.4 is 31.6 Å². The number of fused-ring (bicyclic) bond motifs is 2. The number of carbonyl (C=O) groups is 6. The quantitative estimate of drug-likeness (QED) is 0.0755. The Morgan fingerprint density at radius 3 is 1.23 bits per heavy atom. The molecule has 22 heteroatoms. The number of hydrogen-bond donors (Lipinski definition) is 4. The summed E-state index contributed by atoms with van der Waals surface area (Å²) < 4.78 is 50.7. The summed E-state index contributed by atoms with van der Waals surface area (Å²) in [5.74, 6) is 7.52. The van der Waals surface area contributed by atoms with Gasteiger partial charge in [0, 0.05) is 73.4 Å². The molecule has 0 saturated carbocycles. The first kappa shape index (κ1) is 66.8. The van der Waals surface area contributed by atoms with Gasteiger partial charge in [0.05, 0.1) is 23.6 Å². The molecule has 4 N–H and O–H groups in total. The van der Waals surface area contributed by atoms with Crippen molar-refractivity contribution in [2.75, 3.05) is 50.2 Å². The molecular formula is C64H80F2N8O12. The maximum atomic E-state index is 14.9. The van der Waals surface area contributed by atoms with Crippen LogP contribution in [-0.2, 0) is 61.8 Å². The van der Waals surface area contributed by atoms with Gasteiger partial charge in [-0.15, -0.1) is 0 Å². The minimum absolute atomic E-state index is 0.110. The molecule has 86 heavy (non-hydrogen) atoms. The second-order valence-corrected chi connectivity index (χ2v) is 25.1. The minimum Gasteiger partial charge on any atom is -0.444 e. The molecule has 6 amide bonds. The largest absolute Gasteiger partial charge is 0.444 e. The molecule has 6 rings (SSSR count). The molecule has 20 nitrogen and oxygen atoms in total. The monoisotopic (exact) mass is 1190 g/mol. The Bertz CT molecular complexity index is 3220. The van der Waals surface area contributed by atoms with Crippen LogP contribution in [0.1, 0.15) is 131 Å². The van der Waals surface area contributed by atoms with Crippen LogP contribution in [0.3, 0.4) is 0 Å². The molecular weight excluding hydrogens is 1110 g/mol.